The molecule has 8 aromatic heterocycles. The molecule has 104 heavy (non-hydrogen) atoms. The minimum absolute atomic E-state index is 0.0395. The van der Waals surface area contributed by atoms with Crippen LogP contribution in [0.4, 0.5) is 23.4 Å². The number of aromatic nitrogens is 16. The Morgan fingerprint density at radius 3 is 1.28 bits per heavy atom. The van der Waals surface area contributed by atoms with Crippen LogP contribution in [-0.2, 0) is 78.1 Å². The zero-order chi connectivity index (χ0) is 74.4. The van der Waals surface area contributed by atoms with E-state index in [9.17, 15) is 92.8 Å². The molecule has 0 aromatic carbocycles. The van der Waals surface area contributed by atoms with E-state index in [1.807, 2.05) is 4.98 Å². The number of nitrogens with one attached hydrogen (secondary N) is 2. The van der Waals surface area contributed by atoms with Gasteiger partial charge < -0.3 is 102 Å². The highest BCUT2D eigenvalue weighted by Crippen LogP contribution is 2.55. The second kappa shape index (κ2) is 28.8. The van der Waals surface area contributed by atoms with Gasteiger partial charge in [-0.05, 0) is 6.07 Å². The maximum absolute atomic E-state index is 14.3. The number of aliphatic hydroxyl groups is 7. The average molecular weight is 1550 g/mol. The third kappa shape index (κ3) is 14.8. The minimum Gasteiger partial charge on any atom is -0.394 e. The number of hydrogen-bond acceptors (Lipinski definition) is 41. The Bertz CT molecular complexity index is 4990. The second-order valence-electron chi connectivity index (χ2n) is 23.3. The van der Waals surface area contributed by atoms with Crippen LogP contribution in [0.15, 0.2) is 75.3 Å². The molecule has 0 spiro atoms. The summed E-state index contributed by atoms with van der Waals surface area (Å²) in [6.45, 7) is -5.99. The molecule has 0 amide bonds. The predicted molar refractivity (Wildman–Crippen MR) is 332 cm³/mol. The molecule has 21 N–H and O–H groups in total. The molecule has 52 nitrogen and oxygen atoms in total. The van der Waals surface area contributed by atoms with Gasteiger partial charge in [0.05, 0.1) is 52.0 Å². The van der Waals surface area contributed by atoms with Crippen LogP contribution < -0.4 is 45.4 Å². The van der Waals surface area contributed by atoms with Gasteiger partial charge in [0.15, 0.2) is 65.2 Å². The number of aliphatic hydroxyl groups excluding tert-OH is 7. The summed E-state index contributed by atoms with van der Waals surface area (Å²) in [5.74, 6) is -1.01. The Morgan fingerprint density at radius 2 is 0.827 bits per heavy atom. The van der Waals surface area contributed by atoms with Crippen LogP contribution in [0.25, 0.3) is 33.5 Å². The Balaban J connectivity index is 0.728. The molecule has 4 unspecified atom stereocenters. The third-order valence-electron chi connectivity index (χ3n) is 16.7. The molecule has 0 aliphatic carbocycles. The molecule has 5 aliphatic heterocycles. The fraction of sp³-hybridized carbons (Fsp3) is 0.521. The molecule has 13 rings (SSSR count). The molecule has 5 saturated heterocycles. The summed E-state index contributed by atoms with van der Waals surface area (Å²) in [5, 5.41) is 78.8. The number of nitrogens with two attached hydrogens (primary N) is 4. The van der Waals surface area contributed by atoms with Gasteiger partial charge >= 0.3 is 42.7 Å². The zero-order valence-electron chi connectivity index (χ0n) is 52.1. The summed E-state index contributed by atoms with van der Waals surface area (Å²) in [4.78, 5) is 135. The van der Waals surface area contributed by atoms with E-state index < -0.39 is 215 Å². The van der Waals surface area contributed by atoms with E-state index in [1.165, 1.54) is 4.57 Å². The predicted octanol–water partition coefficient (Wildman–Crippen LogP) is -7.41. The van der Waals surface area contributed by atoms with Crippen molar-refractivity contribution in [2.45, 2.75) is 123 Å². The quantitative estimate of drug-likeness (QED) is 0.0224. The van der Waals surface area contributed by atoms with Crippen molar-refractivity contribution >= 4 is 88.2 Å². The molecular weight excluding hydrogens is 1490 g/mol. The lowest BCUT2D eigenvalue weighted by molar-refractivity contribution is -0.0651. The topological polar surface area (TPSA) is 755 Å². The maximum atomic E-state index is 14.3. The second-order valence-corrected chi connectivity index (χ2v) is 28.9. The number of nitrogen functional groups attached to an aromatic ring is 4. The first-order chi connectivity index (χ1) is 49.2. The molecule has 13 heterocycles. The largest absolute Gasteiger partial charge is 0.472 e. The number of H-pyrrole nitrogens is 2. The van der Waals surface area contributed by atoms with E-state index in [1.54, 1.807) is 0 Å². The standard InChI is InChI=1S/C48H60N20O32P4/c49-20-1-3-64(47(78)60-20)43-28(74)32(98-101(80,81)88-6-16-25(71)26(72)41(93-16)66-12-57-22-35(50)53-10-55-37(22)66)17(94-43)7-90-103(84,85)99-33-18(95-44(29(33)75)67-13-58-23-36(51)54-11-56-38(23)67)8-91-104(86,87)100-34-19(96-45(30(34)76)68-14-59-24-39(68)62-46(52)63-40(24)77)9-89-102(82,83)97-31-15(5-69)92-42(27(31)73)65-4-2-21(70)61-48(65)79/h1-4,10-19,25-34,41-45,69,71-76H,5-9H2,(H,80,81)(H,82,83)(H,84,85)(H,86,87)(H2,49,60,78)(H2,50,53,55)(H2,51,54,56)(H,61,70,79)(H3,52,62,63,77)/t15-,16-,17-,18-,19-,25-,26-,27-,28-,29-,30-,31-,32-,33-,34-,41-,42-,43-,44-,45-/m1/s1. The normalized spacial score (nSPS) is 32.5. The molecule has 8 aromatic rings. The van der Waals surface area contributed by atoms with Crippen LogP contribution in [0, 0.1) is 0 Å². The lowest BCUT2D eigenvalue weighted by Gasteiger charge is -2.27. The first-order valence-corrected chi connectivity index (χ1v) is 36.0. The van der Waals surface area contributed by atoms with E-state index in [4.69, 9.17) is 82.8 Å². The number of fused-ring (bicyclic) bond motifs is 3. The minimum atomic E-state index is -5.87. The lowest BCUT2D eigenvalue weighted by Crippen LogP contribution is -2.39. The molecular formula is C48H60N20O32P4. The summed E-state index contributed by atoms with van der Waals surface area (Å²) in [5.41, 5.74) is 18.5. The summed E-state index contributed by atoms with van der Waals surface area (Å²) in [6, 6.07) is 1.96. The number of ether oxygens (including phenoxy) is 5. The van der Waals surface area contributed by atoms with Gasteiger partial charge in [-0.15, -0.1) is 0 Å². The van der Waals surface area contributed by atoms with Crippen molar-refractivity contribution in [2.24, 2.45) is 0 Å². The van der Waals surface area contributed by atoms with Crippen LogP contribution in [0.1, 0.15) is 31.1 Å². The highest BCUT2D eigenvalue weighted by molar-refractivity contribution is 7.48. The van der Waals surface area contributed by atoms with Crippen LogP contribution in [-0.4, -0.2) is 258 Å². The number of anilines is 4. The van der Waals surface area contributed by atoms with Crippen molar-refractivity contribution in [3.05, 3.63) is 97.8 Å². The van der Waals surface area contributed by atoms with Gasteiger partial charge in [0.2, 0.25) is 5.95 Å². The third-order valence-corrected chi connectivity index (χ3v) is 20.6. The highest BCUT2D eigenvalue weighted by atomic mass is 31.2. The number of phosphoric acid groups is 4. The first-order valence-electron chi connectivity index (χ1n) is 30.0. The van der Waals surface area contributed by atoms with Crippen LogP contribution >= 0.6 is 31.3 Å². The Kier molecular flexibility index (Phi) is 20.6. The number of hydrogen-bond donors (Lipinski definition) is 17. The molecule has 24 atom stereocenters. The molecule has 5 aliphatic rings. The van der Waals surface area contributed by atoms with Crippen LogP contribution in [0.5, 0.6) is 0 Å². The molecule has 564 valence electrons. The Hall–Kier alpha value is -7.83. The van der Waals surface area contributed by atoms with Gasteiger partial charge in [-0.1, -0.05) is 0 Å². The van der Waals surface area contributed by atoms with Gasteiger partial charge in [-0.25, -0.2) is 62.7 Å². The summed E-state index contributed by atoms with van der Waals surface area (Å²) >= 11 is 0. The van der Waals surface area contributed by atoms with Gasteiger partial charge in [0, 0.05) is 18.5 Å². The van der Waals surface area contributed by atoms with Crippen molar-refractivity contribution in [1.29, 1.82) is 0 Å². The molecule has 0 radical (unpaired) electrons. The van der Waals surface area contributed by atoms with Gasteiger partial charge in [-0.3, -0.25) is 78.6 Å². The van der Waals surface area contributed by atoms with E-state index in [0.717, 1.165) is 65.3 Å². The lowest BCUT2D eigenvalue weighted by atomic mass is 10.1. The number of imidazole rings is 3. The van der Waals surface area contributed by atoms with Crippen molar-refractivity contribution < 1.29 is 133 Å². The van der Waals surface area contributed by atoms with E-state index in [2.05, 4.69) is 49.8 Å². The van der Waals surface area contributed by atoms with Crippen molar-refractivity contribution in [2.75, 3.05) is 56.0 Å². The summed E-state index contributed by atoms with van der Waals surface area (Å²) in [6.07, 6.45) is -32.2. The Labute approximate surface area is 574 Å². The monoisotopic (exact) mass is 1550 g/mol. The summed E-state index contributed by atoms with van der Waals surface area (Å²) in [7, 11) is -22.9. The first kappa shape index (κ1) is 74.4. The zero-order valence-corrected chi connectivity index (χ0v) is 55.7. The van der Waals surface area contributed by atoms with Gasteiger partial charge in [0.1, 0.15) is 121 Å². The highest BCUT2D eigenvalue weighted by Gasteiger charge is 2.56. The Morgan fingerprint density at radius 1 is 0.442 bits per heavy atom. The van der Waals surface area contributed by atoms with Gasteiger partial charge in [-0.2, -0.15) is 9.97 Å². The van der Waals surface area contributed by atoms with Gasteiger partial charge in [0.25, 0.3) is 11.1 Å². The smallest absolute Gasteiger partial charge is 0.394 e. The van der Waals surface area contributed by atoms with E-state index in [0.29, 0.717) is 9.13 Å². The average Bonchev–Trinajstić information content (AvgIpc) is 1.61. The van der Waals surface area contributed by atoms with Crippen molar-refractivity contribution in [3.63, 3.8) is 0 Å². The number of nitrogens with zero attached hydrogens (tertiary/aromatic N) is 14. The maximum Gasteiger partial charge on any atom is 0.472 e. The van der Waals surface area contributed by atoms with Crippen LogP contribution in [0.3, 0.4) is 0 Å². The van der Waals surface area contributed by atoms with Crippen LogP contribution in [0.2, 0.25) is 0 Å². The SMILES string of the molecule is Nc1ccn([C@@H]2O[C@H](COP(=O)(O)O[C@H]3[C@@H](O)[C@H](n4cnc5c(N)ncnc54)O[C@@H]3COP(=O)(O)O[C@H]3[C@@H](O)[C@H](n4cnc5c(=O)[nH]c(N)nc54)O[C@@H]3COP(=O)(O)O[C@H]3[C@@H](O)[C@H](n4ccc(=O)[nH]c4=O)O[C@@H]3CO)[C@@H](OP(=O)(O)OC[C@H]3O[C@@H](n4cnc5c(N)ncnc54)[C@H](O)[C@@H]3O)[C@H]2O)c(=O)n1. The molecule has 0 saturated carbocycles. The fourth-order valence-electron chi connectivity index (χ4n) is 11.9. The van der Waals surface area contributed by atoms with E-state index >= 15 is 0 Å². The van der Waals surface area contributed by atoms with Crippen molar-refractivity contribution in [3.8, 4) is 0 Å². The molecule has 0 bridgehead atoms. The van der Waals surface area contributed by atoms with E-state index in [-0.39, 0.29) is 50.9 Å². The molecule has 56 heteroatoms. The molecule has 5 fully saturated rings. The number of phosphoric ester groups is 4. The number of rotatable bonds is 26. The van der Waals surface area contributed by atoms with Crippen molar-refractivity contribution in [1.82, 2.24) is 77.7 Å². The summed E-state index contributed by atoms with van der Waals surface area (Å²) < 4.78 is 132. The number of aromatic amines is 2. The fourth-order valence-corrected chi connectivity index (χ4v) is 15.7.